The van der Waals surface area contributed by atoms with Gasteiger partial charge in [0.25, 0.3) is 5.91 Å². The van der Waals surface area contributed by atoms with Crippen molar-refractivity contribution < 1.29 is 24.2 Å². The molecule has 9 nitrogen and oxygen atoms in total. The monoisotopic (exact) mass is 536 g/mol. The van der Waals surface area contributed by atoms with E-state index in [-0.39, 0.29) is 17.8 Å². The van der Waals surface area contributed by atoms with Crippen LogP contribution in [0.15, 0.2) is 48.5 Å². The summed E-state index contributed by atoms with van der Waals surface area (Å²) in [5, 5.41) is 26.1. The second kappa shape index (κ2) is 11.4. The third-order valence-electron chi connectivity index (χ3n) is 8.12. The number of para-hydroxylation sites is 1. The number of aliphatic hydroxyl groups excluding tert-OH is 1. The fourth-order valence-electron chi connectivity index (χ4n) is 5.55. The van der Waals surface area contributed by atoms with Crippen LogP contribution >= 0.6 is 0 Å². The van der Waals surface area contributed by atoms with E-state index in [0.29, 0.717) is 36.3 Å². The van der Waals surface area contributed by atoms with Crippen molar-refractivity contribution in [1.29, 1.82) is 5.41 Å². The summed E-state index contributed by atoms with van der Waals surface area (Å²) in [5.41, 5.74) is 0.513. The molecule has 0 aromatic heterocycles. The fraction of sp³-hybridized carbons (Fsp3) is 0.500. The van der Waals surface area contributed by atoms with E-state index in [1.54, 1.807) is 39.2 Å². The number of methoxy groups -OCH3 is 1. The van der Waals surface area contributed by atoms with Gasteiger partial charge in [-0.2, -0.15) is 0 Å². The maximum absolute atomic E-state index is 13.5. The van der Waals surface area contributed by atoms with E-state index >= 15 is 0 Å². The Balaban J connectivity index is 1.62. The lowest BCUT2D eigenvalue weighted by molar-refractivity contribution is -0.133. The quantitative estimate of drug-likeness (QED) is 0.383. The van der Waals surface area contributed by atoms with Gasteiger partial charge in [-0.15, -0.1) is 0 Å². The maximum Gasteiger partial charge on any atom is 0.251 e. The Morgan fingerprint density at radius 1 is 1.23 bits per heavy atom. The normalized spacial score (nSPS) is 22.4. The molecule has 0 bridgehead atoms. The third-order valence-corrected chi connectivity index (χ3v) is 8.12. The first-order valence-electron chi connectivity index (χ1n) is 13.6. The molecule has 1 fully saturated rings. The molecule has 1 saturated heterocycles. The molecule has 4 rings (SSSR count). The number of nitrogens with zero attached hydrogens (tertiary/aromatic N) is 1. The molecular weight excluding hydrogens is 496 g/mol. The predicted octanol–water partition coefficient (Wildman–Crippen LogP) is 4.08. The van der Waals surface area contributed by atoms with Crippen LogP contribution in [-0.4, -0.2) is 58.7 Å². The van der Waals surface area contributed by atoms with Crippen molar-refractivity contribution in [2.75, 3.05) is 13.7 Å². The number of carbonyl (C=O) groups excluding carboxylic acids is 2. The number of fused-ring (bicyclic) bond motifs is 1. The number of guanidine groups is 1. The zero-order valence-electron chi connectivity index (χ0n) is 23.4. The molecule has 39 heavy (non-hydrogen) atoms. The highest BCUT2D eigenvalue weighted by molar-refractivity contribution is 6.00. The van der Waals surface area contributed by atoms with Crippen molar-refractivity contribution >= 4 is 17.8 Å². The number of hydrogen-bond donors (Lipinski definition) is 4. The van der Waals surface area contributed by atoms with Crippen LogP contribution in [0.1, 0.15) is 86.9 Å². The summed E-state index contributed by atoms with van der Waals surface area (Å²) < 4.78 is 11.3. The van der Waals surface area contributed by atoms with Gasteiger partial charge in [-0.3, -0.25) is 19.9 Å². The predicted molar refractivity (Wildman–Crippen MR) is 149 cm³/mol. The largest absolute Gasteiger partial charge is 0.485 e. The van der Waals surface area contributed by atoms with E-state index in [1.165, 1.54) is 4.90 Å². The number of nitrogens with one attached hydrogen (secondary N) is 3. The highest BCUT2D eigenvalue weighted by Gasteiger charge is 2.44. The molecule has 2 aliphatic heterocycles. The van der Waals surface area contributed by atoms with Crippen LogP contribution in [0.25, 0.3) is 0 Å². The standard InChI is InChI=1S/C30H40N4O5/c1-6-30(7-2)18-24(35)34(28(31)33-30)22(15-16-38-5)19-11-10-12-20(17-19)27(37)32-25-21-13-8-9-14-23(21)39-29(3,4)26(25)36/h8-14,17,22,25-26,36H,6-7,15-16,18H2,1-5H3,(H2,31,33)(H,32,37). The minimum atomic E-state index is -0.969. The molecule has 0 spiro atoms. The summed E-state index contributed by atoms with van der Waals surface area (Å²) >= 11 is 0. The third kappa shape index (κ3) is 5.65. The molecule has 0 saturated carbocycles. The highest BCUT2D eigenvalue weighted by atomic mass is 16.5. The molecule has 0 aliphatic carbocycles. The zero-order valence-corrected chi connectivity index (χ0v) is 23.4. The van der Waals surface area contributed by atoms with Crippen molar-refractivity contribution in [2.24, 2.45) is 0 Å². The number of hydrogen-bond acceptors (Lipinski definition) is 6. The zero-order chi connectivity index (χ0) is 28.4. The van der Waals surface area contributed by atoms with Crippen LogP contribution in [0.4, 0.5) is 0 Å². The Morgan fingerprint density at radius 3 is 2.62 bits per heavy atom. The molecule has 2 aromatic carbocycles. The van der Waals surface area contributed by atoms with Crippen molar-refractivity contribution in [3.63, 3.8) is 0 Å². The van der Waals surface area contributed by atoms with Crippen LogP contribution in [-0.2, 0) is 9.53 Å². The first-order chi connectivity index (χ1) is 18.6. The number of aliphatic hydroxyl groups is 1. The Kier molecular flexibility index (Phi) is 8.32. The second-order valence-corrected chi connectivity index (χ2v) is 11.0. The molecule has 2 heterocycles. The number of ether oxygens (including phenoxy) is 2. The minimum Gasteiger partial charge on any atom is -0.485 e. The summed E-state index contributed by atoms with van der Waals surface area (Å²) in [6, 6.07) is 13.3. The molecule has 2 aromatic rings. The Hall–Kier alpha value is -3.43. The lowest BCUT2D eigenvalue weighted by Crippen LogP contribution is -2.62. The second-order valence-electron chi connectivity index (χ2n) is 11.0. The summed E-state index contributed by atoms with van der Waals surface area (Å²) in [4.78, 5) is 28.4. The first kappa shape index (κ1) is 28.6. The van der Waals surface area contributed by atoms with Gasteiger partial charge in [0.2, 0.25) is 5.91 Å². The van der Waals surface area contributed by atoms with Crippen molar-refractivity contribution in [3.8, 4) is 5.75 Å². The van der Waals surface area contributed by atoms with Crippen LogP contribution in [0, 0.1) is 5.41 Å². The molecule has 210 valence electrons. The average molecular weight is 537 g/mol. The van der Waals surface area contributed by atoms with E-state index in [9.17, 15) is 14.7 Å². The molecule has 9 heteroatoms. The molecule has 0 radical (unpaired) electrons. The van der Waals surface area contributed by atoms with Gasteiger partial charge >= 0.3 is 0 Å². The van der Waals surface area contributed by atoms with Crippen molar-refractivity contribution in [2.45, 2.75) is 82.7 Å². The van der Waals surface area contributed by atoms with Gasteiger partial charge in [0.15, 0.2) is 5.96 Å². The van der Waals surface area contributed by atoms with Crippen LogP contribution < -0.4 is 15.4 Å². The van der Waals surface area contributed by atoms with Gasteiger partial charge in [0.1, 0.15) is 17.5 Å². The van der Waals surface area contributed by atoms with Crippen molar-refractivity contribution in [3.05, 3.63) is 65.2 Å². The van der Waals surface area contributed by atoms with Gasteiger partial charge in [-0.05, 0) is 56.9 Å². The van der Waals surface area contributed by atoms with Gasteiger partial charge in [0, 0.05) is 30.4 Å². The molecule has 2 aliphatic rings. The summed E-state index contributed by atoms with van der Waals surface area (Å²) in [7, 11) is 1.60. The Labute approximate surface area is 230 Å². The van der Waals surface area contributed by atoms with Crippen LogP contribution in [0.3, 0.4) is 0 Å². The highest BCUT2D eigenvalue weighted by Crippen LogP contribution is 2.40. The van der Waals surface area contributed by atoms with Crippen molar-refractivity contribution in [1.82, 2.24) is 15.5 Å². The van der Waals surface area contributed by atoms with E-state index in [1.807, 2.05) is 44.2 Å². The van der Waals surface area contributed by atoms with E-state index in [0.717, 1.165) is 18.4 Å². The van der Waals surface area contributed by atoms with Gasteiger partial charge < -0.3 is 25.2 Å². The summed E-state index contributed by atoms with van der Waals surface area (Å²) in [6.45, 7) is 8.00. The van der Waals surface area contributed by atoms with E-state index in [2.05, 4.69) is 10.6 Å². The summed E-state index contributed by atoms with van der Waals surface area (Å²) in [5.74, 6) is 0.210. The van der Waals surface area contributed by atoms with Crippen LogP contribution in [0.5, 0.6) is 5.75 Å². The molecule has 3 atom stereocenters. The number of amides is 2. The SMILES string of the molecule is CCC1(CC)CC(=O)N(C(CCOC)c2cccc(C(=O)NC3c4ccccc4OC(C)(C)C3O)c2)C(=N)N1. The van der Waals surface area contributed by atoms with Gasteiger partial charge in [0.05, 0.1) is 18.5 Å². The van der Waals surface area contributed by atoms with E-state index in [4.69, 9.17) is 14.9 Å². The molecular formula is C30H40N4O5. The molecule has 3 unspecified atom stereocenters. The molecule has 4 N–H and O–H groups in total. The fourth-order valence-corrected chi connectivity index (χ4v) is 5.55. The van der Waals surface area contributed by atoms with E-state index < -0.39 is 29.3 Å². The summed E-state index contributed by atoms with van der Waals surface area (Å²) in [6.07, 6.45) is 1.26. The Morgan fingerprint density at radius 2 is 1.95 bits per heavy atom. The average Bonchev–Trinajstić information content (AvgIpc) is 2.92. The Bertz CT molecular complexity index is 1210. The first-order valence-corrected chi connectivity index (χ1v) is 13.6. The topological polar surface area (TPSA) is 124 Å². The number of benzene rings is 2. The number of rotatable bonds is 9. The molecule has 2 amide bonds. The smallest absolute Gasteiger partial charge is 0.251 e. The van der Waals surface area contributed by atoms with Crippen LogP contribution in [0.2, 0.25) is 0 Å². The van der Waals surface area contributed by atoms with Gasteiger partial charge in [-0.25, -0.2) is 0 Å². The lowest BCUT2D eigenvalue weighted by Gasteiger charge is -2.45. The van der Waals surface area contributed by atoms with Gasteiger partial charge in [-0.1, -0.05) is 44.2 Å². The minimum absolute atomic E-state index is 0.0649. The number of carbonyl (C=O) groups is 2. The maximum atomic E-state index is 13.5. The lowest BCUT2D eigenvalue weighted by atomic mass is 9.85.